The molecule has 0 nitrogen and oxygen atoms in total. The van der Waals surface area contributed by atoms with Crippen molar-refractivity contribution in [3.8, 4) is 0 Å². The van der Waals surface area contributed by atoms with Crippen LogP contribution in [0, 0.1) is 0 Å². The summed E-state index contributed by atoms with van der Waals surface area (Å²) in [6.45, 7) is -0.106. The molecule has 0 bridgehead atoms. The Kier molecular flexibility index (Phi) is 3.44. The molecule has 0 saturated carbocycles. The van der Waals surface area contributed by atoms with Crippen LogP contribution in [0.3, 0.4) is 0 Å². The van der Waals surface area contributed by atoms with Crippen LogP contribution in [-0.2, 0) is 0 Å². The van der Waals surface area contributed by atoms with Crippen molar-refractivity contribution in [3.05, 3.63) is 0 Å². The molecule has 0 rings (SSSR count). The number of alkyl halides is 3. The minimum Gasteiger partial charge on any atom is -0.172 e. The van der Waals surface area contributed by atoms with Gasteiger partial charge >= 0.3 is 6.18 Å². The van der Waals surface area contributed by atoms with Gasteiger partial charge in [0.1, 0.15) is 6.90 Å². The average molecular weight is 207 g/mol. The van der Waals surface area contributed by atoms with Crippen LogP contribution in [0.15, 0.2) is 0 Å². The Bertz CT molecular complexity index is 92.1. The Labute approximate surface area is 66.7 Å². The Hall–Kier alpha value is 0.514. The maximum absolute atomic E-state index is 11.6. The Morgan fingerprint density at radius 2 is 1.90 bits per heavy atom. The maximum Gasteiger partial charge on any atom is 0.388 e. The SMILES string of the molecule is C[Si]([SiH3])(Cl)CCC(F)(F)F. The van der Waals surface area contributed by atoms with E-state index < -0.39 is 19.5 Å². The van der Waals surface area contributed by atoms with Crippen molar-refractivity contribution in [2.24, 2.45) is 0 Å². The molecular weight excluding hydrogens is 197 g/mol. The van der Waals surface area contributed by atoms with E-state index in [1.165, 1.54) is 0 Å². The van der Waals surface area contributed by atoms with E-state index in [4.69, 9.17) is 11.1 Å². The molecule has 1 unspecified atom stereocenters. The smallest absolute Gasteiger partial charge is 0.172 e. The predicted molar refractivity (Wildman–Crippen MR) is 42.9 cm³/mol. The summed E-state index contributed by atoms with van der Waals surface area (Å²) in [7, 11) is 0.726. The maximum atomic E-state index is 11.6. The minimum atomic E-state index is -4.02. The predicted octanol–water partition coefficient (Wildman–Crippen LogP) is 1.61. The molecule has 0 aromatic heterocycles. The highest BCUT2D eigenvalue weighted by Gasteiger charge is 2.30. The lowest BCUT2D eigenvalue weighted by atomic mass is 10.5. The molecule has 0 aliphatic rings. The molecule has 0 spiro atoms. The van der Waals surface area contributed by atoms with Gasteiger partial charge in [-0.15, -0.1) is 0 Å². The van der Waals surface area contributed by atoms with Crippen LogP contribution >= 0.6 is 11.1 Å². The lowest BCUT2D eigenvalue weighted by Crippen LogP contribution is -2.25. The van der Waals surface area contributed by atoms with E-state index in [2.05, 4.69) is 0 Å². The molecule has 1 atom stereocenters. The second kappa shape index (κ2) is 3.27. The first kappa shape index (κ1) is 10.5. The molecule has 0 aromatic rings. The van der Waals surface area contributed by atoms with Crippen LogP contribution in [0.1, 0.15) is 6.42 Å². The number of hydrogen-bond acceptors (Lipinski definition) is 0. The van der Waals surface area contributed by atoms with Crippen LogP contribution in [0.25, 0.3) is 0 Å². The molecule has 0 radical (unpaired) electrons. The highest BCUT2D eigenvalue weighted by Crippen LogP contribution is 2.26. The fraction of sp³-hybridized carbons (Fsp3) is 1.00. The van der Waals surface area contributed by atoms with Gasteiger partial charge in [0, 0.05) is 16.2 Å². The highest BCUT2D eigenvalue weighted by molar-refractivity contribution is 7.42. The van der Waals surface area contributed by atoms with E-state index in [9.17, 15) is 13.2 Å². The third-order valence-electron chi connectivity index (χ3n) is 1.00. The van der Waals surface area contributed by atoms with Gasteiger partial charge in [-0.05, 0) is 6.04 Å². The van der Waals surface area contributed by atoms with Gasteiger partial charge in [0.05, 0.1) is 0 Å². The topological polar surface area (TPSA) is 0 Å². The zero-order valence-electron chi connectivity index (χ0n) is 5.93. The minimum absolute atomic E-state index is 0.171. The monoisotopic (exact) mass is 206 g/mol. The van der Waals surface area contributed by atoms with E-state index in [0.717, 1.165) is 9.76 Å². The molecule has 0 N–H and O–H groups in total. The third kappa shape index (κ3) is 8.51. The Morgan fingerprint density at radius 1 is 1.50 bits per heavy atom. The second-order valence-corrected chi connectivity index (χ2v) is 18.4. The summed E-state index contributed by atoms with van der Waals surface area (Å²) in [6.07, 6.45) is -4.73. The Morgan fingerprint density at radius 3 is 2.00 bits per heavy atom. The summed E-state index contributed by atoms with van der Waals surface area (Å²) in [6, 6.07) is 0.171. The van der Waals surface area contributed by atoms with Crippen LogP contribution in [0.4, 0.5) is 13.2 Å². The lowest BCUT2D eigenvalue weighted by molar-refractivity contribution is -0.130. The van der Waals surface area contributed by atoms with Gasteiger partial charge in [0.25, 0.3) is 0 Å². The molecule has 10 heavy (non-hydrogen) atoms. The van der Waals surface area contributed by atoms with Crippen molar-refractivity contribution in [2.45, 2.75) is 25.2 Å². The second-order valence-electron chi connectivity index (χ2n) is 2.83. The zero-order chi connectivity index (χ0) is 8.41. The molecule has 62 valence electrons. The van der Waals surface area contributed by atoms with E-state index in [0.29, 0.717) is 0 Å². The summed E-state index contributed by atoms with van der Waals surface area (Å²) in [5.41, 5.74) is 0. The average Bonchev–Trinajstić information content (AvgIpc) is 1.57. The zero-order valence-corrected chi connectivity index (χ0v) is 9.68. The fourth-order valence-corrected chi connectivity index (χ4v) is 2.35. The number of halogens is 4. The van der Waals surface area contributed by atoms with Crippen molar-refractivity contribution in [3.63, 3.8) is 0 Å². The standard InChI is InChI=1S/C4H10ClF3Si2/c1-10(5,9)3-2-4(6,7)8/h2-3H2,1,9H3. The van der Waals surface area contributed by atoms with Crippen LogP contribution in [0.2, 0.25) is 12.6 Å². The summed E-state index contributed by atoms with van der Waals surface area (Å²) in [5.74, 6) is 0. The van der Waals surface area contributed by atoms with Gasteiger partial charge in [0.15, 0.2) is 0 Å². The van der Waals surface area contributed by atoms with Crippen LogP contribution < -0.4 is 0 Å². The molecule has 6 heteroatoms. The molecule has 0 amide bonds. The number of hydrogen-bond donors (Lipinski definition) is 0. The molecule has 0 aliphatic heterocycles. The van der Waals surface area contributed by atoms with Crippen molar-refractivity contribution < 1.29 is 13.2 Å². The summed E-state index contributed by atoms with van der Waals surface area (Å²) < 4.78 is 34.7. The molecule has 0 fully saturated rings. The summed E-state index contributed by atoms with van der Waals surface area (Å²) in [5, 5.41) is 0. The van der Waals surface area contributed by atoms with Crippen LogP contribution in [-0.4, -0.2) is 22.8 Å². The van der Waals surface area contributed by atoms with Gasteiger partial charge in [-0.2, -0.15) is 24.3 Å². The molecular formula is C4H10ClF3Si2. The summed E-state index contributed by atoms with van der Waals surface area (Å²) >= 11 is 5.74. The van der Waals surface area contributed by atoms with E-state index >= 15 is 0 Å². The number of rotatable bonds is 2. The van der Waals surface area contributed by atoms with E-state index in [-0.39, 0.29) is 6.04 Å². The first-order valence-corrected chi connectivity index (χ1v) is 10.2. The van der Waals surface area contributed by atoms with Crippen molar-refractivity contribution in [1.29, 1.82) is 0 Å². The van der Waals surface area contributed by atoms with E-state index in [1.54, 1.807) is 6.55 Å². The Balaban J connectivity index is 3.56. The van der Waals surface area contributed by atoms with Crippen molar-refractivity contribution in [1.82, 2.24) is 0 Å². The molecule has 0 heterocycles. The normalized spacial score (nSPS) is 18.9. The van der Waals surface area contributed by atoms with Gasteiger partial charge < -0.3 is 0 Å². The quantitative estimate of drug-likeness (QED) is 0.476. The first-order valence-electron chi connectivity index (χ1n) is 2.96. The largest absolute Gasteiger partial charge is 0.388 e. The lowest BCUT2D eigenvalue weighted by Gasteiger charge is -2.13. The van der Waals surface area contributed by atoms with Gasteiger partial charge in [-0.25, -0.2) is 0 Å². The van der Waals surface area contributed by atoms with Gasteiger partial charge in [-0.1, -0.05) is 6.55 Å². The third-order valence-corrected chi connectivity index (χ3v) is 4.51. The highest BCUT2D eigenvalue weighted by atomic mass is 35.6. The fourth-order valence-electron chi connectivity index (χ4n) is 0.439. The molecule has 0 aromatic carbocycles. The van der Waals surface area contributed by atoms with Gasteiger partial charge in [0.2, 0.25) is 0 Å². The molecule has 0 aliphatic carbocycles. The van der Waals surface area contributed by atoms with Crippen molar-refractivity contribution >= 4 is 27.7 Å². The first-order chi connectivity index (χ1) is 4.21. The summed E-state index contributed by atoms with van der Waals surface area (Å²) in [4.78, 5) is 0. The van der Waals surface area contributed by atoms with Crippen LogP contribution in [0.5, 0.6) is 0 Å². The molecule has 0 saturated heterocycles. The van der Waals surface area contributed by atoms with Crippen molar-refractivity contribution in [2.75, 3.05) is 0 Å². The van der Waals surface area contributed by atoms with Gasteiger partial charge in [-0.3, -0.25) is 0 Å². The van der Waals surface area contributed by atoms with E-state index in [1.807, 2.05) is 0 Å².